The zero-order valence-corrected chi connectivity index (χ0v) is 20.8. The number of nitrogens with two attached hydrogens (primary N) is 2. The fraction of sp³-hybridized carbons (Fsp3) is 0.250. The van der Waals surface area contributed by atoms with Gasteiger partial charge in [0.15, 0.2) is 0 Å². The number of benzene rings is 2. The van der Waals surface area contributed by atoms with E-state index < -0.39 is 6.17 Å². The van der Waals surface area contributed by atoms with Gasteiger partial charge in [0.05, 0.1) is 12.3 Å². The van der Waals surface area contributed by atoms with Crippen LogP contribution in [0.3, 0.4) is 0 Å². The lowest BCUT2D eigenvalue weighted by Gasteiger charge is -2.35. The molecule has 0 spiro atoms. The molecule has 35 heavy (non-hydrogen) atoms. The van der Waals surface area contributed by atoms with Crippen molar-refractivity contribution >= 4 is 5.57 Å². The van der Waals surface area contributed by atoms with E-state index in [1.165, 1.54) is 22.3 Å². The minimum Gasteiger partial charge on any atom is -0.312 e. The van der Waals surface area contributed by atoms with Gasteiger partial charge in [-0.05, 0) is 45.7 Å². The molecule has 0 amide bonds. The van der Waals surface area contributed by atoms with E-state index in [-0.39, 0.29) is 18.0 Å². The maximum absolute atomic E-state index is 6.73. The molecule has 0 saturated heterocycles. The Bertz CT molecular complexity index is 1170. The topological polar surface area (TPSA) is 64.1 Å². The molecule has 2 aromatic rings. The molecule has 5 unspecified atom stereocenters. The molecule has 0 bridgehead atoms. The van der Waals surface area contributed by atoms with Gasteiger partial charge < -0.3 is 11.5 Å². The van der Waals surface area contributed by atoms with E-state index >= 15 is 0 Å². The average molecular weight is 464 g/mol. The molecule has 0 heterocycles. The van der Waals surface area contributed by atoms with E-state index in [1.807, 2.05) is 6.08 Å². The summed E-state index contributed by atoms with van der Waals surface area (Å²) >= 11 is 0. The highest BCUT2D eigenvalue weighted by molar-refractivity contribution is 5.74. The fourth-order valence-corrected chi connectivity index (χ4v) is 4.96. The van der Waals surface area contributed by atoms with Gasteiger partial charge in [-0.1, -0.05) is 124 Å². The minimum absolute atomic E-state index is 0.199. The number of hydrogen-bond donors (Lipinski definition) is 3. The summed E-state index contributed by atoms with van der Waals surface area (Å²) in [6.45, 7) is 8.40. The number of rotatable bonds is 9. The third-order valence-electron chi connectivity index (χ3n) is 7.20. The van der Waals surface area contributed by atoms with Crippen LogP contribution in [0.5, 0.6) is 0 Å². The summed E-state index contributed by atoms with van der Waals surface area (Å²) < 4.78 is 0. The Hall–Kier alpha value is -3.24. The second-order valence-corrected chi connectivity index (χ2v) is 9.39. The Morgan fingerprint density at radius 3 is 2.26 bits per heavy atom. The summed E-state index contributed by atoms with van der Waals surface area (Å²) in [5.74, 6) is 0.991. The molecule has 0 aromatic heterocycles. The molecule has 0 aliphatic heterocycles. The van der Waals surface area contributed by atoms with Gasteiger partial charge in [0, 0.05) is 11.8 Å². The van der Waals surface area contributed by atoms with Crippen LogP contribution in [0, 0.1) is 11.8 Å². The maximum atomic E-state index is 6.73. The van der Waals surface area contributed by atoms with Crippen molar-refractivity contribution in [3.63, 3.8) is 0 Å². The Balaban J connectivity index is 1.59. The van der Waals surface area contributed by atoms with Gasteiger partial charge in [-0.25, -0.2) is 0 Å². The molecule has 0 radical (unpaired) electrons. The molecule has 3 heteroatoms. The Morgan fingerprint density at radius 2 is 1.60 bits per heavy atom. The van der Waals surface area contributed by atoms with E-state index in [0.29, 0.717) is 5.92 Å². The monoisotopic (exact) mass is 463 g/mol. The predicted octanol–water partition coefficient (Wildman–Crippen LogP) is 6.53. The summed E-state index contributed by atoms with van der Waals surface area (Å²) in [6.07, 6.45) is 17.4. The second kappa shape index (κ2) is 11.5. The third-order valence-corrected chi connectivity index (χ3v) is 7.20. The van der Waals surface area contributed by atoms with Crippen molar-refractivity contribution in [1.82, 2.24) is 5.32 Å². The van der Waals surface area contributed by atoms with Gasteiger partial charge in [-0.15, -0.1) is 0 Å². The summed E-state index contributed by atoms with van der Waals surface area (Å²) in [5.41, 5.74) is 20.4. The van der Waals surface area contributed by atoms with Gasteiger partial charge in [0.25, 0.3) is 0 Å². The predicted molar refractivity (Wildman–Crippen MR) is 149 cm³/mol. The summed E-state index contributed by atoms with van der Waals surface area (Å²) in [4.78, 5) is 0. The number of allylic oxidation sites excluding steroid dienone is 9. The first kappa shape index (κ1) is 24.9. The second-order valence-electron chi connectivity index (χ2n) is 9.39. The minimum atomic E-state index is -0.435. The molecule has 0 saturated carbocycles. The van der Waals surface area contributed by atoms with E-state index in [9.17, 15) is 0 Å². The molecular weight excluding hydrogens is 426 g/mol. The van der Waals surface area contributed by atoms with Crippen LogP contribution in [-0.2, 0) is 0 Å². The highest BCUT2D eigenvalue weighted by Crippen LogP contribution is 2.43. The molecular formula is C32H37N3. The first-order chi connectivity index (χ1) is 17.0. The number of nitrogens with one attached hydrogen (secondary N) is 1. The van der Waals surface area contributed by atoms with Gasteiger partial charge in [0.1, 0.15) is 0 Å². The normalized spacial score (nSPS) is 22.0. The van der Waals surface area contributed by atoms with Crippen molar-refractivity contribution in [2.45, 2.75) is 38.5 Å². The summed E-state index contributed by atoms with van der Waals surface area (Å²) in [6, 6.07) is 19.1. The fourth-order valence-electron chi connectivity index (χ4n) is 4.96. The van der Waals surface area contributed by atoms with E-state index in [4.69, 9.17) is 11.5 Å². The van der Waals surface area contributed by atoms with Crippen LogP contribution < -0.4 is 16.8 Å². The largest absolute Gasteiger partial charge is 0.312 e. The lowest BCUT2D eigenvalue weighted by atomic mass is 9.71. The van der Waals surface area contributed by atoms with Crippen LogP contribution >= 0.6 is 0 Å². The Labute approximate surface area is 210 Å². The quantitative estimate of drug-likeness (QED) is 0.293. The molecule has 5 atom stereocenters. The van der Waals surface area contributed by atoms with Crippen LogP contribution in [-0.4, -0.2) is 6.17 Å². The van der Waals surface area contributed by atoms with Crippen molar-refractivity contribution in [1.29, 1.82) is 0 Å². The number of fused-ring (bicyclic) bond motifs is 1. The molecule has 4 rings (SSSR count). The average Bonchev–Trinajstić information content (AvgIpc) is 2.91. The number of hydrogen-bond acceptors (Lipinski definition) is 3. The van der Waals surface area contributed by atoms with Gasteiger partial charge in [-0.2, -0.15) is 0 Å². The molecule has 0 fully saturated rings. The van der Waals surface area contributed by atoms with Crippen LogP contribution in [0.1, 0.15) is 49.0 Å². The molecule has 2 aliphatic rings. The van der Waals surface area contributed by atoms with Crippen molar-refractivity contribution in [3.05, 3.63) is 138 Å². The maximum Gasteiger partial charge on any atom is 0.0827 e. The summed E-state index contributed by atoms with van der Waals surface area (Å²) in [5, 5.41) is 3.42. The first-order valence-electron chi connectivity index (χ1n) is 12.6. The highest BCUT2D eigenvalue weighted by atomic mass is 15.1. The molecule has 2 aromatic carbocycles. The highest BCUT2D eigenvalue weighted by Gasteiger charge is 2.32. The zero-order valence-electron chi connectivity index (χ0n) is 20.8. The van der Waals surface area contributed by atoms with Crippen LogP contribution in [0.2, 0.25) is 0 Å². The molecule has 2 aliphatic carbocycles. The van der Waals surface area contributed by atoms with Crippen molar-refractivity contribution < 1.29 is 0 Å². The van der Waals surface area contributed by atoms with E-state index in [1.54, 1.807) is 6.08 Å². The van der Waals surface area contributed by atoms with Crippen molar-refractivity contribution in [2.24, 2.45) is 23.3 Å². The van der Waals surface area contributed by atoms with E-state index in [2.05, 4.69) is 117 Å². The molecule has 5 N–H and O–H groups in total. The molecule has 180 valence electrons. The third kappa shape index (κ3) is 5.54. The van der Waals surface area contributed by atoms with E-state index in [0.717, 1.165) is 17.6 Å². The lowest BCUT2D eigenvalue weighted by Crippen LogP contribution is -2.45. The Kier molecular flexibility index (Phi) is 8.14. The SMILES string of the molecule is C=C/C=C(/C1=CC=C(c2ccccc2)C2C=CC=CC12)C(N)NC(N)c1ccc(C(C)CC)cc1. The van der Waals surface area contributed by atoms with Crippen LogP contribution in [0.15, 0.2) is 121 Å². The van der Waals surface area contributed by atoms with Gasteiger partial charge in [0.2, 0.25) is 0 Å². The van der Waals surface area contributed by atoms with Gasteiger partial charge in [-0.3, -0.25) is 5.32 Å². The van der Waals surface area contributed by atoms with Crippen LogP contribution in [0.4, 0.5) is 0 Å². The zero-order chi connectivity index (χ0) is 24.8. The van der Waals surface area contributed by atoms with Crippen molar-refractivity contribution in [3.8, 4) is 0 Å². The molecule has 3 nitrogen and oxygen atoms in total. The first-order valence-corrected chi connectivity index (χ1v) is 12.6. The van der Waals surface area contributed by atoms with Gasteiger partial charge >= 0.3 is 0 Å². The Morgan fingerprint density at radius 1 is 0.943 bits per heavy atom. The smallest absolute Gasteiger partial charge is 0.0827 e. The summed E-state index contributed by atoms with van der Waals surface area (Å²) in [7, 11) is 0. The van der Waals surface area contributed by atoms with Crippen molar-refractivity contribution in [2.75, 3.05) is 0 Å². The standard InChI is InChI=1S/C32H37N3/c1-4-11-30(32(34)35-31(33)25-18-16-23(17-19-25)22(3)5-2)29-21-20-26(24-12-7-6-8-13-24)27-14-9-10-15-28(27)29/h4,6-22,27-28,31-32,35H,1,5,33-34H2,2-3H3/b30-11-. The lowest BCUT2D eigenvalue weighted by molar-refractivity contribution is 0.484. The van der Waals surface area contributed by atoms with Crippen LogP contribution in [0.25, 0.3) is 5.57 Å².